The Labute approximate surface area is 123 Å². The number of carbonyl (C=O) groups is 1. The van der Waals surface area contributed by atoms with E-state index >= 15 is 0 Å². The number of hydrogen-bond acceptors (Lipinski definition) is 2. The van der Waals surface area contributed by atoms with Crippen molar-refractivity contribution < 1.29 is 4.79 Å². The fourth-order valence-corrected chi connectivity index (χ4v) is 2.29. The number of carbonyl (C=O) groups excluding carboxylic acids is 1. The highest BCUT2D eigenvalue weighted by molar-refractivity contribution is 5.94. The van der Waals surface area contributed by atoms with E-state index in [2.05, 4.69) is 21.4 Å². The van der Waals surface area contributed by atoms with Crippen LogP contribution in [0.25, 0.3) is 11.0 Å². The molecule has 1 atom stereocenters. The van der Waals surface area contributed by atoms with E-state index < -0.39 is 0 Å². The first-order chi connectivity index (χ1) is 10.1. The van der Waals surface area contributed by atoms with Crippen LogP contribution in [-0.4, -0.2) is 15.9 Å². The first kappa shape index (κ1) is 13.4. The van der Waals surface area contributed by atoms with Crippen LogP contribution >= 0.6 is 0 Å². The summed E-state index contributed by atoms with van der Waals surface area (Å²) in [5.41, 5.74) is 3.73. The molecule has 0 aliphatic rings. The third-order valence-corrected chi connectivity index (χ3v) is 3.45. The number of fused-ring (bicyclic) bond motifs is 1. The summed E-state index contributed by atoms with van der Waals surface area (Å²) in [6.07, 6.45) is 0. The molecule has 21 heavy (non-hydrogen) atoms. The van der Waals surface area contributed by atoms with E-state index in [1.54, 1.807) is 12.1 Å². The van der Waals surface area contributed by atoms with Crippen LogP contribution in [-0.2, 0) is 0 Å². The summed E-state index contributed by atoms with van der Waals surface area (Å²) >= 11 is 0. The maximum atomic E-state index is 12.1. The molecule has 0 fully saturated rings. The van der Waals surface area contributed by atoms with Crippen LogP contribution in [0.15, 0.2) is 48.5 Å². The van der Waals surface area contributed by atoms with Crippen molar-refractivity contribution >= 4 is 16.9 Å². The summed E-state index contributed by atoms with van der Waals surface area (Å²) in [6.45, 7) is 3.96. The summed E-state index contributed by atoms with van der Waals surface area (Å²) in [5, 5.41) is 2.96. The van der Waals surface area contributed by atoms with Gasteiger partial charge >= 0.3 is 0 Å². The van der Waals surface area contributed by atoms with Crippen LogP contribution in [0.5, 0.6) is 0 Å². The average molecular weight is 279 g/mol. The van der Waals surface area contributed by atoms with Gasteiger partial charge in [-0.3, -0.25) is 4.79 Å². The lowest BCUT2D eigenvalue weighted by Gasteiger charge is -2.11. The van der Waals surface area contributed by atoms with Crippen molar-refractivity contribution in [2.45, 2.75) is 19.9 Å². The number of aromatic nitrogens is 2. The molecule has 1 aromatic heterocycles. The Kier molecular flexibility index (Phi) is 3.44. The summed E-state index contributed by atoms with van der Waals surface area (Å²) < 4.78 is 0. The Morgan fingerprint density at radius 2 is 1.95 bits per heavy atom. The van der Waals surface area contributed by atoms with E-state index in [0.29, 0.717) is 5.56 Å². The van der Waals surface area contributed by atoms with E-state index in [0.717, 1.165) is 16.9 Å². The molecule has 0 saturated carbocycles. The number of benzene rings is 2. The molecule has 1 amide bonds. The van der Waals surface area contributed by atoms with Gasteiger partial charge in [0.25, 0.3) is 5.91 Å². The zero-order valence-electron chi connectivity index (χ0n) is 12.1. The van der Waals surface area contributed by atoms with Crippen LogP contribution < -0.4 is 5.32 Å². The molecular weight excluding hydrogens is 262 g/mol. The van der Waals surface area contributed by atoms with Gasteiger partial charge in [-0.25, -0.2) is 4.98 Å². The fourth-order valence-electron chi connectivity index (χ4n) is 2.29. The Morgan fingerprint density at radius 1 is 1.19 bits per heavy atom. The second-order valence-electron chi connectivity index (χ2n) is 5.20. The number of hydrogen-bond donors (Lipinski definition) is 2. The van der Waals surface area contributed by atoms with Crippen LogP contribution in [0.1, 0.15) is 34.7 Å². The van der Waals surface area contributed by atoms with Gasteiger partial charge in [0.15, 0.2) is 0 Å². The highest BCUT2D eigenvalue weighted by atomic mass is 16.1. The van der Waals surface area contributed by atoms with Gasteiger partial charge in [-0.15, -0.1) is 0 Å². The first-order valence-corrected chi connectivity index (χ1v) is 6.95. The number of nitrogens with zero attached hydrogens (tertiary/aromatic N) is 1. The molecule has 2 aromatic carbocycles. The van der Waals surface area contributed by atoms with Crippen molar-refractivity contribution in [3.63, 3.8) is 0 Å². The van der Waals surface area contributed by atoms with Gasteiger partial charge < -0.3 is 10.3 Å². The Bertz CT molecular complexity index is 777. The van der Waals surface area contributed by atoms with Gasteiger partial charge in [-0.1, -0.05) is 24.3 Å². The van der Waals surface area contributed by atoms with Gasteiger partial charge in [-0.05, 0) is 43.7 Å². The third kappa shape index (κ3) is 2.79. The summed E-state index contributed by atoms with van der Waals surface area (Å²) in [5.74, 6) is 0.666. The number of H-pyrrole nitrogens is 1. The maximum absolute atomic E-state index is 12.1. The molecule has 106 valence electrons. The lowest BCUT2D eigenvalue weighted by molar-refractivity contribution is 0.0938. The number of aromatic amines is 1. The van der Waals surface area contributed by atoms with E-state index in [-0.39, 0.29) is 11.9 Å². The monoisotopic (exact) mass is 279 g/mol. The minimum atomic E-state index is -0.176. The molecule has 3 rings (SSSR count). The highest BCUT2D eigenvalue weighted by Crippen LogP contribution is 2.17. The molecule has 2 N–H and O–H groups in total. The average Bonchev–Trinajstić information content (AvgIpc) is 2.91. The lowest BCUT2D eigenvalue weighted by Crippen LogP contribution is -2.27. The Hall–Kier alpha value is -2.62. The molecular formula is C17H17N3O. The SMILES string of the molecule is Cc1ccc2nc(C(C)NC(=O)c3ccccc3)[nH]c2c1. The zero-order chi connectivity index (χ0) is 14.8. The van der Waals surface area contributed by atoms with Gasteiger partial charge in [0.1, 0.15) is 5.82 Å². The standard InChI is InChI=1S/C17H17N3O/c1-11-8-9-14-15(10-11)20-16(19-14)12(2)18-17(21)13-6-4-3-5-7-13/h3-10,12H,1-2H3,(H,18,21)(H,19,20). The number of nitrogens with one attached hydrogen (secondary N) is 2. The minimum Gasteiger partial charge on any atom is -0.342 e. The van der Waals surface area contributed by atoms with E-state index in [1.165, 1.54) is 5.56 Å². The summed E-state index contributed by atoms with van der Waals surface area (Å²) in [4.78, 5) is 19.9. The second kappa shape index (κ2) is 5.40. The van der Waals surface area contributed by atoms with Crippen LogP contribution in [0, 0.1) is 6.92 Å². The van der Waals surface area contributed by atoms with Gasteiger partial charge in [0, 0.05) is 5.56 Å². The van der Waals surface area contributed by atoms with E-state index in [1.807, 2.05) is 44.2 Å². The maximum Gasteiger partial charge on any atom is 0.251 e. The molecule has 0 aliphatic heterocycles. The van der Waals surface area contributed by atoms with E-state index in [9.17, 15) is 4.79 Å². The lowest BCUT2D eigenvalue weighted by atomic mass is 10.2. The molecule has 4 nitrogen and oxygen atoms in total. The number of imidazole rings is 1. The zero-order valence-corrected chi connectivity index (χ0v) is 12.1. The molecule has 0 aliphatic carbocycles. The molecule has 0 radical (unpaired) electrons. The largest absolute Gasteiger partial charge is 0.342 e. The third-order valence-electron chi connectivity index (χ3n) is 3.45. The number of aryl methyl sites for hydroxylation is 1. The number of amides is 1. The molecule has 0 bridgehead atoms. The Balaban J connectivity index is 1.80. The topological polar surface area (TPSA) is 57.8 Å². The van der Waals surface area contributed by atoms with Crippen molar-refractivity contribution in [3.05, 3.63) is 65.5 Å². The summed E-state index contributed by atoms with van der Waals surface area (Å²) in [6, 6.07) is 15.1. The van der Waals surface area contributed by atoms with Crippen LogP contribution in [0.2, 0.25) is 0 Å². The van der Waals surface area contributed by atoms with Gasteiger partial charge in [0.05, 0.1) is 17.1 Å². The van der Waals surface area contributed by atoms with Crippen LogP contribution in [0.3, 0.4) is 0 Å². The molecule has 4 heteroatoms. The predicted octanol–water partition coefficient (Wildman–Crippen LogP) is 3.36. The van der Waals surface area contributed by atoms with Crippen molar-refractivity contribution in [3.8, 4) is 0 Å². The Morgan fingerprint density at radius 3 is 2.71 bits per heavy atom. The van der Waals surface area contributed by atoms with Crippen molar-refractivity contribution in [2.24, 2.45) is 0 Å². The normalized spacial score (nSPS) is 12.3. The number of rotatable bonds is 3. The first-order valence-electron chi connectivity index (χ1n) is 6.95. The molecule has 0 saturated heterocycles. The summed E-state index contributed by atoms with van der Waals surface area (Å²) in [7, 11) is 0. The quantitative estimate of drug-likeness (QED) is 0.772. The van der Waals surface area contributed by atoms with Gasteiger partial charge in [0.2, 0.25) is 0 Å². The smallest absolute Gasteiger partial charge is 0.251 e. The molecule has 0 spiro atoms. The highest BCUT2D eigenvalue weighted by Gasteiger charge is 2.14. The van der Waals surface area contributed by atoms with Crippen molar-refractivity contribution in [1.82, 2.24) is 15.3 Å². The molecule has 1 unspecified atom stereocenters. The van der Waals surface area contributed by atoms with E-state index in [4.69, 9.17) is 0 Å². The minimum absolute atomic E-state index is 0.0975. The van der Waals surface area contributed by atoms with Crippen molar-refractivity contribution in [1.29, 1.82) is 0 Å². The second-order valence-corrected chi connectivity index (χ2v) is 5.20. The predicted molar refractivity (Wildman–Crippen MR) is 83.2 cm³/mol. The molecule has 3 aromatic rings. The van der Waals surface area contributed by atoms with Crippen LogP contribution in [0.4, 0.5) is 0 Å². The molecule has 1 heterocycles. The van der Waals surface area contributed by atoms with Gasteiger partial charge in [-0.2, -0.15) is 0 Å². The van der Waals surface area contributed by atoms with Crippen molar-refractivity contribution in [2.75, 3.05) is 0 Å². The fraction of sp³-hybridized carbons (Fsp3) is 0.176.